The first-order chi connectivity index (χ1) is 12.1. The Balaban J connectivity index is 3.02. The molecule has 1 amide bonds. The van der Waals surface area contributed by atoms with Gasteiger partial charge in [0, 0.05) is 32.6 Å². The van der Waals surface area contributed by atoms with Gasteiger partial charge in [0.15, 0.2) is 0 Å². The molecule has 1 aliphatic rings. The van der Waals surface area contributed by atoms with Crippen molar-refractivity contribution in [3.63, 3.8) is 0 Å². The lowest BCUT2D eigenvalue weighted by Gasteiger charge is -2.31. The number of hydrogen-bond acceptors (Lipinski definition) is 7. The average molecular weight is 371 g/mol. The number of aliphatic carboxylic acids is 1. The molecule has 0 aromatic carbocycles. The lowest BCUT2D eigenvalue weighted by molar-refractivity contribution is -0.144. The van der Waals surface area contributed by atoms with Crippen LogP contribution in [-0.4, -0.2) is 88.2 Å². The number of carbonyl (C=O) groups is 2. The molecule has 7 N–H and O–H groups in total. The van der Waals surface area contributed by atoms with Gasteiger partial charge < -0.3 is 31.5 Å². The fourth-order valence-corrected chi connectivity index (χ4v) is 3.30. The number of carbonyl (C=O) groups excluding carboxylic acids is 1. The number of nitrogens with two attached hydrogens (primary N) is 2. The monoisotopic (exact) mass is 371 g/mol. The maximum absolute atomic E-state index is 12.3. The molecule has 0 radical (unpaired) electrons. The predicted octanol–water partition coefficient (Wildman–Crippen LogP) is -1.87. The van der Waals surface area contributed by atoms with Crippen LogP contribution < -0.4 is 11.5 Å². The number of aliphatic imine (C=N–C) groups is 1. The number of rotatable bonds is 7. The molecule has 1 aliphatic heterocycles. The van der Waals surface area contributed by atoms with E-state index in [9.17, 15) is 14.7 Å². The van der Waals surface area contributed by atoms with Crippen LogP contribution in [0.4, 0.5) is 0 Å². The van der Waals surface area contributed by atoms with E-state index in [1.165, 1.54) is 11.9 Å². The van der Waals surface area contributed by atoms with Gasteiger partial charge in [-0.3, -0.25) is 19.5 Å². The van der Waals surface area contributed by atoms with Gasteiger partial charge in [0.25, 0.3) is 0 Å². The van der Waals surface area contributed by atoms with Crippen molar-refractivity contribution >= 4 is 25.0 Å². The molecule has 0 aromatic rings. The lowest BCUT2D eigenvalue weighted by atomic mass is 9.78. The fourth-order valence-electron chi connectivity index (χ4n) is 3.30. The first-order valence-corrected chi connectivity index (χ1v) is 8.75. The maximum Gasteiger partial charge on any atom is 0.451 e. The topological polar surface area (TPSA) is 166 Å². The summed E-state index contributed by atoms with van der Waals surface area (Å²) in [5.41, 5.74) is 10.4. The Hall–Kier alpha value is -1.69. The molecular weight excluding hydrogens is 341 g/mol. The van der Waals surface area contributed by atoms with Gasteiger partial charge in [-0.25, -0.2) is 0 Å². The lowest BCUT2D eigenvalue weighted by Crippen LogP contribution is -2.56. The fraction of sp³-hybridized carbons (Fsp3) is 0.800. The first kappa shape index (κ1) is 22.4. The van der Waals surface area contributed by atoms with Crippen molar-refractivity contribution in [3.8, 4) is 0 Å². The van der Waals surface area contributed by atoms with E-state index in [2.05, 4.69) is 4.99 Å². The molecule has 0 aliphatic carbocycles. The summed E-state index contributed by atoms with van der Waals surface area (Å²) in [7, 11) is 0.0949. The Labute approximate surface area is 154 Å². The second kappa shape index (κ2) is 9.31. The summed E-state index contributed by atoms with van der Waals surface area (Å²) >= 11 is 0. The van der Waals surface area contributed by atoms with Crippen LogP contribution in [0.3, 0.4) is 0 Å². The highest BCUT2D eigenvalue weighted by molar-refractivity contribution is 6.40. The minimum atomic E-state index is -1.51. The van der Waals surface area contributed by atoms with Gasteiger partial charge >= 0.3 is 13.1 Å². The van der Waals surface area contributed by atoms with Crippen molar-refractivity contribution in [3.05, 3.63) is 0 Å². The van der Waals surface area contributed by atoms with Crippen molar-refractivity contribution in [2.24, 2.45) is 22.4 Å². The SMILES string of the molecule is CCN(C(=O)C(C)N)C(=NC)N1CC(CCCB(O)O)C(N)(C(=O)O)C1. The highest BCUT2D eigenvalue weighted by atomic mass is 16.4. The van der Waals surface area contributed by atoms with Gasteiger partial charge in [-0.1, -0.05) is 6.42 Å². The van der Waals surface area contributed by atoms with E-state index in [-0.39, 0.29) is 18.8 Å². The molecule has 1 fully saturated rings. The van der Waals surface area contributed by atoms with E-state index < -0.39 is 30.6 Å². The summed E-state index contributed by atoms with van der Waals surface area (Å²) in [5, 5.41) is 27.6. The van der Waals surface area contributed by atoms with E-state index in [1.807, 2.05) is 0 Å². The molecule has 0 aromatic heterocycles. The van der Waals surface area contributed by atoms with Crippen molar-refractivity contribution in [2.75, 3.05) is 26.7 Å². The van der Waals surface area contributed by atoms with Crippen molar-refractivity contribution in [1.29, 1.82) is 0 Å². The van der Waals surface area contributed by atoms with Crippen LogP contribution in [-0.2, 0) is 9.59 Å². The molecule has 1 saturated heterocycles. The zero-order valence-corrected chi connectivity index (χ0v) is 15.6. The average Bonchev–Trinajstić information content (AvgIpc) is 2.89. The molecular formula is C15H30BN5O5. The van der Waals surface area contributed by atoms with E-state index in [1.54, 1.807) is 18.7 Å². The standard InChI is InChI=1S/C15H30BN5O5/c1-4-21(12(22)10(2)17)14(19-3)20-8-11(6-5-7-16(25)26)15(18,9-20)13(23)24/h10-11,25-26H,4-9,17-18H2,1-3H3,(H,23,24). The van der Waals surface area contributed by atoms with Crippen LogP contribution in [0.1, 0.15) is 26.7 Å². The normalized spacial score (nSPS) is 24.5. The van der Waals surface area contributed by atoms with Crippen molar-refractivity contribution in [2.45, 2.75) is 44.6 Å². The smallest absolute Gasteiger partial charge is 0.451 e. The molecule has 11 heteroatoms. The molecule has 3 atom stereocenters. The zero-order chi connectivity index (χ0) is 20.1. The largest absolute Gasteiger partial charge is 0.480 e. The first-order valence-electron chi connectivity index (χ1n) is 8.75. The van der Waals surface area contributed by atoms with Gasteiger partial charge in [-0.15, -0.1) is 0 Å². The van der Waals surface area contributed by atoms with Gasteiger partial charge in [-0.2, -0.15) is 0 Å². The van der Waals surface area contributed by atoms with Crippen LogP contribution in [0, 0.1) is 5.92 Å². The third-order valence-electron chi connectivity index (χ3n) is 4.73. The van der Waals surface area contributed by atoms with E-state index >= 15 is 0 Å². The number of likely N-dealkylation sites (tertiary alicyclic amines) is 1. The second-order valence-corrected chi connectivity index (χ2v) is 6.73. The second-order valence-electron chi connectivity index (χ2n) is 6.73. The molecule has 0 spiro atoms. The predicted molar refractivity (Wildman–Crippen MR) is 98.2 cm³/mol. The number of nitrogens with zero attached hydrogens (tertiary/aromatic N) is 3. The molecule has 1 rings (SSSR count). The Kier molecular flexibility index (Phi) is 8.00. The van der Waals surface area contributed by atoms with Gasteiger partial charge in [0.05, 0.1) is 6.04 Å². The number of carboxylic acids is 1. The van der Waals surface area contributed by atoms with Crippen molar-refractivity contribution < 1.29 is 24.7 Å². The Bertz CT molecular complexity index is 545. The summed E-state index contributed by atoms with van der Waals surface area (Å²) < 4.78 is 0. The minimum absolute atomic E-state index is 0.00405. The molecule has 26 heavy (non-hydrogen) atoms. The molecule has 1 heterocycles. The summed E-state index contributed by atoms with van der Waals surface area (Å²) in [6, 6.07) is -0.710. The number of amides is 1. The van der Waals surface area contributed by atoms with Crippen LogP contribution in [0.2, 0.25) is 6.32 Å². The number of hydrogen-bond donors (Lipinski definition) is 5. The Morgan fingerprint density at radius 2 is 2.08 bits per heavy atom. The number of carboxylic acid groups (broad SMARTS) is 1. The zero-order valence-electron chi connectivity index (χ0n) is 15.6. The van der Waals surface area contributed by atoms with Gasteiger partial charge in [0.1, 0.15) is 5.54 Å². The van der Waals surface area contributed by atoms with Gasteiger partial charge in [-0.05, 0) is 26.6 Å². The van der Waals surface area contributed by atoms with Gasteiger partial charge in [0.2, 0.25) is 11.9 Å². The molecule has 0 saturated carbocycles. The van der Waals surface area contributed by atoms with E-state index in [0.29, 0.717) is 31.9 Å². The van der Waals surface area contributed by atoms with Crippen LogP contribution >= 0.6 is 0 Å². The number of likely N-dealkylation sites (N-methyl/N-ethyl adjacent to an activating group) is 1. The van der Waals surface area contributed by atoms with E-state index in [0.717, 1.165) is 0 Å². The minimum Gasteiger partial charge on any atom is -0.480 e. The number of guanidine groups is 1. The Morgan fingerprint density at radius 3 is 2.50 bits per heavy atom. The summed E-state index contributed by atoms with van der Waals surface area (Å²) in [4.78, 5) is 31.4. The summed E-state index contributed by atoms with van der Waals surface area (Å²) in [6.07, 6.45) is 0.990. The maximum atomic E-state index is 12.3. The van der Waals surface area contributed by atoms with Crippen LogP contribution in [0.5, 0.6) is 0 Å². The third kappa shape index (κ3) is 4.94. The summed E-state index contributed by atoms with van der Waals surface area (Å²) in [5.74, 6) is -1.51. The molecule has 10 nitrogen and oxygen atoms in total. The third-order valence-corrected chi connectivity index (χ3v) is 4.73. The summed E-state index contributed by atoms with van der Waals surface area (Å²) in [6.45, 7) is 4.02. The highest BCUT2D eigenvalue weighted by Crippen LogP contribution is 2.31. The van der Waals surface area contributed by atoms with Crippen molar-refractivity contribution in [1.82, 2.24) is 9.80 Å². The molecule has 0 bridgehead atoms. The highest BCUT2D eigenvalue weighted by Gasteiger charge is 2.50. The quantitative estimate of drug-likeness (QED) is 0.197. The molecule has 3 unspecified atom stereocenters. The van der Waals surface area contributed by atoms with E-state index in [4.69, 9.17) is 21.5 Å². The molecule has 148 valence electrons. The van der Waals surface area contributed by atoms with Crippen LogP contribution in [0.25, 0.3) is 0 Å². The van der Waals surface area contributed by atoms with Crippen LogP contribution in [0.15, 0.2) is 4.99 Å². The Morgan fingerprint density at radius 1 is 1.46 bits per heavy atom.